The summed E-state index contributed by atoms with van der Waals surface area (Å²) < 4.78 is 1.02. The van der Waals surface area contributed by atoms with Crippen LogP contribution in [0.1, 0.15) is 49.9 Å². The van der Waals surface area contributed by atoms with Crippen LogP contribution < -0.4 is 0 Å². The highest BCUT2D eigenvalue weighted by Gasteiger charge is 2.15. The van der Waals surface area contributed by atoms with Crippen LogP contribution in [0.4, 0.5) is 0 Å². The van der Waals surface area contributed by atoms with Crippen molar-refractivity contribution in [3.8, 4) is 0 Å². The molecule has 0 atom stereocenters. The first kappa shape index (κ1) is 12.1. The first-order valence-electron chi connectivity index (χ1n) is 6.34. The largest absolute Gasteiger partial charge is 0.246 e. The summed E-state index contributed by atoms with van der Waals surface area (Å²) in [5.74, 6) is 0.689. The van der Waals surface area contributed by atoms with Gasteiger partial charge in [0.05, 0.1) is 0 Å². The molecule has 0 saturated heterocycles. The Kier molecular flexibility index (Phi) is 4.01. The van der Waals surface area contributed by atoms with E-state index in [0.717, 1.165) is 11.0 Å². The molecule has 2 heteroatoms. The molecule has 1 heterocycles. The Balaban J connectivity index is 2.38. The van der Waals surface area contributed by atoms with Crippen molar-refractivity contribution in [3.63, 3.8) is 0 Å². The Morgan fingerprint density at radius 2 is 2.00 bits per heavy atom. The maximum Gasteiger partial charge on any atom is 0.106 e. The molecular formula is C14H20BrN. The van der Waals surface area contributed by atoms with Crippen molar-refractivity contribution in [2.24, 2.45) is 5.92 Å². The maximum absolute atomic E-state index is 4.68. The highest BCUT2D eigenvalue weighted by molar-refractivity contribution is 9.10. The van der Waals surface area contributed by atoms with E-state index in [-0.39, 0.29) is 0 Å². The van der Waals surface area contributed by atoms with Gasteiger partial charge in [0.15, 0.2) is 0 Å². The van der Waals surface area contributed by atoms with Gasteiger partial charge in [0, 0.05) is 5.69 Å². The average molecular weight is 282 g/mol. The normalized spacial score (nSPS) is 16.0. The third kappa shape index (κ3) is 2.85. The molecule has 1 aromatic rings. The molecule has 1 aliphatic rings. The Morgan fingerprint density at radius 1 is 1.25 bits per heavy atom. The molecule has 2 rings (SSSR count). The average Bonchev–Trinajstić information content (AvgIpc) is 2.41. The molecule has 0 spiro atoms. The van der Waals surface area contributed by atoms with E-state index in [2.05, 4.69) is 40.8 Å². The van der Waals surface area contributed by atoms with Crippen molar-refractivity contribution in [1.82, 2.24) is 4.98 Å². The fraction of sp³-hybridized carbons (Fsp3) is 0.643. The number of rotatable bonds is 2. The van der Waals surface area contributed by atoms with Crippen molar-refractivity contribution in [2.75, 3.05) is 0 Å². The summed E-state index contributed by atoms with van der Waals surface area (Å²) in [7, 11) is 0. The standard InChI is InChI=1S/C14H20BrN/c1-10(2)8-13-12-7-5-3-4-6-11(12)9-14(15)16-13/h9-10H,3-8H2,1-2H3. The number of fused-ring (bicyclic) bond motifs is 1. The van der Waals surface area contributed by atoms with Crippen molar-refractivity contribution in [3.05, 3.63) is 27.5 Å². The number of nitrogens with zero attached hydrogens (tertiary/aromatic N) is 1. The van der Waals surface area contributed by atoms with Gasteiger partial charge in [0.1, 0.15) is 4.60 Å². The Hall–Kier alpha value is -0.370. The lowest BCUT2D eigenvalue weighted by atomic mass is 9.97. The lowest BCUT2D eigenvalue weighted by Crippen LogP contribution is -2.06. The van der Waals surface area contributed by atoms with Crippen LogP contribution >= 0.6 is 15.9 Å². The molecule has 0 N–H and O–H groups in total. The van der Waals surface area contributed by atoms with Crippen LogP contribution in [-0.2, 0) is 19.3 Å². The molecule has 16 heavy (non-hydrogen) atoms. The monoisotopic (exact) mass is 281 g/mol. The molecule has 0 fully saturated rings. The smallest absolute Gasteiger partial charge is 0.106 e. The van der Waals surface area contributed by atoms with Crippen LogP contribution in [0.2, 0.25) is 0 Å². The van der Waals surface area contributed by atoms with E-state index in [1.807, 2.05) is 0 Å². The summed E-state index contributed by atoms with van der Waals surface area (Å²) in [6.07, 6.45) is 7.63. The van der Waals surface area contributed by atoms with Gasteiger partial charge in [-0.05, 0) is 71.1 Å². The van der Waals surface area contributed by atoms with E-state index >= 15 is 0 Å². The molecule has 0 aromatic carbocycles. The van der Waals surface area contributed by atoms with E-state index < -0.39 is 0 Å². The molecule has 0 aliphatic heterocycles. The first-order chi connectivity index (χ1) is 7.66. The zero-order chi connectivity index (χ0) is 11.5. The van der Waals surface area contributed by atoms with Crippen LogP contribution in [0.25, 0.3) is 0 Å². The highest BCUT2D eigenvalue weighted by Crippen LogP contribution is 2.26. The van der Waals surface area contributed by atoms with Crippen LogP contribution in [0, 0.1) is 5.92 Å². The highest BCUT2D eigenvalue weighted by atomic mass is 79.9. The topological polar surface area (TPSA) is 12.9 Å². The van der Waals surface area contributed by atoms with Gasteiger partial charge in [-0.3, -0.25) is 0 Å². The lowest BCUT2D eigenvalue weighted by Gasteiger charge is -2.14. The number of halogens is 1. The van der Waals surface area contributed by atoms with Gasteiger partial charge in [-0.2, -0.15) is 0 Å². The van der Waals surface area contributed by atoms with Crippen LogP contribution in [-0.4, -0.2) is 4.98 Å². The summed E-state index contributed by atoms with van der Waals surface area (Å²) in [6, 6.07) is 2.23. The van der Waals surface area contributed by atoms with Gasteiger partial charge < -0.3 is 0 Å². The number of aromatic nitrogens is 1. The molecule has 1 nitrogen and oxygen atoms in total. The molecule has 0 radical (unpaired) electrons. The van der Waals surface area contributed by atoms with Crippen molar-refractivity contribution >= 4 is 15.9 Å². The fourth-order valence-electron chi connectivity index (χ4n) is 2.52. The van der Waals surface area contributed by atoms with Gasteiger partial charge in [-0.25, -0.2) is 4.98 Å². The van der Waals surface area contributed by atoms with Gasteiger partial charge in [0.25, 0.3) is 0 Å². The summed E-state index contributed by atoms with van der Waals surface area (Å²) in [6.45, 7) is 4.54. The minimum Gasteiger partial charge on any atom is -0.246 e. The van der Waals surface area contributed by atoms with E-state index in [0.29, 0.717) is 5.92 Å². The van der Waals surface area contributed by atoms with E-state index in [1.54, 1.807) is 5.56 Å². The van der Waals surface area contributed by atoms with E-state index in [4.69, 9.17) is 0 Å². The van der Waals surface area contributed by atoms with E-state index in [9.17, 15) is 0 Å². The summed E-state index contributed by atoms with van der Waals surface area (Å²) in [5, 5.41) is 0. The minimum absolute atomic E-state index is 0.689. The van der Waals surface area contributed by atoms with Crippen molar-refractivity contribution < 1.29 is 0 Å². The Morgan fingerprint density at radius 3 is 2.75 bits per heavy atom. The van der Waals surface area contributed by atoms with Crippen LogP contribution in [0.5, 0.6) is 0 Å². The summed E-state index contributed by atoms with van der Waals surface area (Å²) in [5.41, 5.74) is 4.42. The summed E-state index contributed by atoms with van der Waals surface area (Å²) in [4.78, 5) is 4.68. The van der Waals surface area contributed by atoms with Crippen LogP contribution in [0.15, 0.2) is 10.7 Å². The second-order valence-corrected chi connectivity index (χ2v) is 6.00. The molecule has 0 unspecified atom stereocenters. The molecule has 0 amide bonds. The predicted octanol–water partition coefficient (Wildman–Crippen LogP) is 4.31. The third-order valence-corrected chi connectivity index (χ3v) is 3.65. The molecule has 0 saturated carbocycles. The number of hydrogen-bond acceptors (Lipinski definition) is 1. The minimum atomic E-state index is 0.689. The maximum atomic E-state index is 4.68. The third-order valence-electron chi connectivity index (χ3n) is 3.25. The zero-order valence-corrected chi connectivity index (χ0v) is 11.8. The summed E-state index contributed by atoms with van der Waals surface area (Å²) >= 11 is 3.55. The van der Waals surface area contributed by atoms with E-state index in [1.165, 1.54) is 43.4 Å². The second-order valence-electron chi connectivity index (χ2n) is 5.19. The van der Waals surface area contributed by atoms with Gasteiger partial charge in [-0.1, -0.05) is 20.3 Å². The number of aryl methyl sites for hydroxylation is 1. The fourth-order valence-corrected chi connectivity index (χ4v) is 3.01. The van der Waals surface area contributed by atoms with Gasteiger partial charge in [-0.15, -0.1) is 0 Å². The first-order valence-corrected chi connectivity index (χ1v) is 7.13. The molecule has 0 bridgehead atoms. The Labute approximate surface area is 107 Å². The molecule has 1 aromatic heterocycles. The molecule has 88 valence electrons. The van der Waals surface area contributed by atoms with Gasteiger partial charge >= 0.3 is 0 Å². The molecular weight excluding hydrogens is 262 g/mol. The second kappa shape index (κ2) is 5.31. The quantitative estimate of drug-likeness (QED) is 0.581. The SMILES string of the molecule is CC(C)Cc1nc(Br)cc2c1CCCCC2. The lowest BCUT2D eigenvalue weighted by molar-refractivity contribution is 0.626. The molecule has 1 aliphatic carbocycles. The van der Waals surface area contributed by atoms with Crippen LogP contribution in [0.3, 0.4) is 0 Å². The predicted molar refractivity (Wildman–Crippen MR) is 71.7 cm³/mol. The Bertz CT molecular complexity index is 371. The van der Waals surface area contributed by atoms with Crippen molar-refractivity contribution in [1.29, 1.82) is 0 Å². The number of pyridine rings is 1. The van der Waals surface area contributed by atoms with Gasteiger partial charge in [0.2, 0.25) is 0 Å². The van der Waals surface area contributed by atoms with Crippen molar-refractivity contribution in [2.45, 2.75) is 52.4 Å². The zero-order valence-electron chi connectivity index (χ0n) is 10.2. The number of hydrogen-bond donors (Lipinski definition) is 0.